The first-order valence-corrected chi connectivity index (χ1v) is 11.1. The van der Waals surface area contributed by atoms with Crippen molar-refractivity contribution in [3.05, 3.63) is 65.8 Å². The highest BCUT2D eigenvalue weighted by Crippen LogP contribution is 2.32. The Morgan fingerprint density at radius 3 is 2.45 bits per heavy atom. The fourth-order valence-electron chi connectivity index (χ4n) is 3.22. The third kappa shape index (κ3) is 4.45. The summed E-state index contributed by atoms with van der Waals surface area (Å²) in [5.41, 5.74) is 0.783. The predicted octanol–water partition coefficient (Wildman–Crippen LogP) is 2.39. The molecule has 31 heavy (non-hydrogen) atoms. The van der Waals surface area contributed by atoms with E-state index in [9.17, 15) is 22.4 Å². The number of carbonyl (C=O) groups excluding carboxylic acids is 2. The van der Waals surface area contributed by atoms with Crippen molar-refractivity contribution >= 4 is 33.4 Å². The predicted molar refractivity (Wildman–Crippen MR) is 108 cm³/mol. The number of rotatable bonds is 5. The molecule has 1 N–H and O–H groups in total. The lowest BCUT2D eigenvalue weighted by Gasteiger charge is -2.16. The monoisotopic (exact) mass is 444 g/mol. The van der Waals surface area contributed by atoms with Crippen LogP contribution in [-0.2, 0) is 14.6 Å². The fraction of sp³-hybridized carbons (Fsp3) is 0.200. The van der Waals surface area contributed by atoms with Crippen molar-refractivity contribution in [1.29, 1.82) is 0 Å². The molecule has 2 amide bonds. The summed E-state index contributed by atoms with van der Waals surface area (Å²) in [5.74, 6) is -1.36. The molecule has 0 spiro atoms. The van der Waals surface area contributed by atoms with Gasteiger partial charge in [0.15, 0.2) is 9.84 Å². The fourth-order valence-corrected chi connectivity index (χ4v) is 3.85. The van der Waals surface area contributed by atoms with Crippen LogP contribution in [0.3, 0.4) is 0 Å². The Hall–Kier alpha value is -3.60. The van der Waals surface area contributed by atoms with E-state index in [0.29, 0.717) is 5.69 Å². The van der Waals surface area contributed by atoms with Crippen LogP contribution < -0.4 is 10.2 Å². The molecule has 0 bridgehead atoms. The Morgan fingerprint density at radius 2 is 1.81 bits per heavy atom. The molecule has 1 aliphatic heterocycles. The number of carbonyl (C=O) groups is 2. The topological polar surface area (TPSA) is 122 Å². The molecule has 1 fully saturated rings. The van der Waals surface area contributed by atoms with Gasteiger partial charge >= 0.3 is 6.01 Å². The molecule has 1 aliphatic rings. The standard InChI is InChI=1S/C20H17FN4O5S/c1-31(28,29)16-8-6-15(7-9-16)25-11-13(10-17(25)26)19-23-24-20(30-19)22-18(27)12-2-4-14(21)5-3-12/h2-9,13H,10-11H2,1H3,(H,22,24,27)/t13-/m0/s1. The molecule has 1 saturated heterocycles. The van der Waals surface area contributed by atoms with E-state index in [1.54, 1.807) is 12.1 Å². The summed E-state index contributed by atoms with van der Waals surface area (Å²) in [7, 11) is -3.33. The van der Waals surface area contributed by atoms with Crippen molar-refractivity contribution in [3.8, 4) is 0 Å². The van der Waals surface area contributed by atoms with E-state index in [0.717, 1.165) is 18.4 Å². The Kier molecular flexibility index (Phi) is 5.27. The van der Waals surface area contributed by atoms with Crippen LogP contribution in [0.1, 0.15) is 28.6 Å². The van der Waals surface area contributed by atoms with E-state index in [4.69, 9.17) is 4.42 Å². The number of sulfone groups is 1. The van der Waals surface area contributed by atoms with Crippen LogP contribution in [0.5, 0.6) is 0 Å². The summed E-state index contributed by atoms with van der Waals surface area (Å²) in [4.78, 5) is 26.3. The number of nitrogens with one attached hydrogen (secondary N) is 1. The van der Waals surface area contributed by atoms with Gasteiger partial charge in [-0.05, 0) is 48.5 Å². The highest BCUT2D eigenvalue weighted by atomic mass is 32.2. The van der Waals surface area contributed by atoms with Gasteiger partial charge in [0.25, 0.3) is 5.91 Å². The van der Waals surface area contributed by atoms with Crippen molar-refractivity contribution in [2.24, 2.45) is 0 Å². The number of hydrogen-bond donors (Lipinski definition) is 1. The van der Waals surface area contributed by atoms with Crippen LogP contribution in [0.4, 0.5) is 16.1 Å². The minimum Gasteiger partial charge on any atom is -0.407 e. The molecule has 1 atom stereocenters. The molecule has 9 nitrogen and oxygen atoms in total. The lowest BCUT2D eigenvalue weighted by atomic mass is 10.1. The summed E-state index contributed by atoms with van der Waals surface area (Å²) in [6.07, 6.45) is 1.24. The van der Waals surface area contributed by atoms with E-state index in [-0.39, 0.29) is 47.2 Å². The first kappa shape index (κ1) is 20.7. The number of halogens is 1. The van der Waals surface area contributed by atoms with Crippen molar-refractivity contribution in [1.82, 2.24) is 10.2 Å². The van der Waals surface area contributed by atoms with E-state index >= 15 is 0 Å². The molecule has 3 aromatic rings. The first-order chi connectivity index (χ1) is 14.7. The zero-order valence-electron chi connectivity index (χ0n) is 16.3. The smallest absolute Gasteiger partial charge is 0.322 e. The summed E-state index contributed by atoms with van der Waals surface area (Å²) >= 11 is 0. The van der Waals surface area contributed by atoms with Gasteiger partial charge in [0, 0.05) is 30.5 Å². The number of nitrogens with zero attached hydrogens (tertiary/aromatic N) is 3. The maximum atomic E-state index is 13.0. The average Bonchev–Trinajstić information content (AvgIpc) is 3.34. The van der Waals surface area contributed by atoms with Gasteiger partial charge in [0.1, 0.15) is 5.82 Å². The Labute approximate surface area is 176 Å². The molecule has 2 heterocycles. The van der Waals surface area contributed by atoms with Crippen molar-refractivity contribution in [2.45, 2.75) is 17.2 Å². The molecular formula is C20H17FN4O5S. The van der Waals surface area contributed by atoms with Crippen LogP contribution in [0, 0.1) is 5.82 Å². The lowest BCUT2D eigenvalue weighted by Crippen LogP contribution is -2.24. The van der Waals surface area contributed by atoms with E-state index in [1.807, 2.05) is 0 Å². The van der Waals surface area contributed by atoms with E-state index in [1.165, 1.54) is 29.2 Å². The number of anilines is 2. The number of amides is 2. The third-order valence-electron chi connectivity index (χ3n) is 4.82. The molecule has 11 heteroatoms. The van der Waals surface area contributed by atoms with Gasteiger partial charge in [-0.3, -0.25) is 14.9 Å². The van der Waals surface area contributed by atoms with Crippen LogP contribution >= 0.6 is 0 Å². The van der Waals surface area contributed by atoms with Gasteiger partial charge < -0.3 is 9.32 Å². The van der Waals surface area contributed by atoms with Gasteiger partial charge in [-0.25, -0.2) is 12.8 Å². The van der Waals surface area contributed by atoms with Crippen molar-refractivity contribution in [3.63, 3.8) is 0 Å². The molecule has 0 unspecified atom stereocenters. The Balaban J connectivity index is 1.44. The van der Waals surface area contributed by atoms with E-state index < -0.39 is 21.6 Å². The zero-order valence-corrected chi connectivity index (χ0v) is 17.1. The normalized spacial score (nSPS) is 16.5. The first-order valence-electron chi connectivity index (χ1n) is 9.21. The largest absolute Gasteiger partial charge is 0.407 e. The second-order valence-corrected chi connectivity index (χ2v) is 9.09. The quantitative estimate of drug-likeness (QED) is 0.641. The highest BCUT2D eigenvalue weighted by Gasteiger charge is 2.35. The van der Waals surface area contributed by atoms with Crippen LogP contribution in [-0.4, -0.2) is 43.2 Å². The van der Waals surface area contributed by atoms with Crippen LogP contribution in [0.15, 0.2) is 57.8 Å². The molecule has 2 aromatic carbocycles. The van der Waals surface area contributed by atoms with Crippen LogP contribution in [0.25, 0.3) is 0 Å². The maximum absolute atomic E-state index is 13.0. The Morgan fingerprint density at radius 1 is 1.13 bits per heavy atom. The average molecular weight is 444 g/mol. The van der Waals surface area contributed by atoms with Crippen molar-refractivity contribution in [2.75, 3.05) is 23.0 Å². The van der Waals surface area contributed by atoms with Gasteiger partial charge in [-0.2, -0.15) is 0 Å². The third-order valence-corrected chi connectivity index (χ3v) is 5.95. The zero-order chi connectivity index (χ0) is 22.2. The summed E-state index contributed by atoms with van der Waals surface area (Å²) in [5, 5.41) is 10.1. The molecule has 0 aliphatic carbocycles. The number of hydrogen-bond acceptors (Lipinski definition) is 7. The molecule has 0 saturated carbocycles. The van der Waals surface area contributed by atoms with Gasteiger partial charge in [-0.15, -0.1) is 5.10 Å². The second-order valence-electron chi connectivity index (χ2n) is 7.08. The number of aromatic nitrogens is 2. The SMILES string of the molecule is CS(=O)(=O)c1ccc(N2C[C@@H](c3nnc(NC(=O)c4ccc(F)cc4)o3)CC2=O)cc1. The summed E-state index contributed by atoms with van der Waals surface area (Å²) in [6.45, 7) is 0.268. The summed E-state index contributed by atoms with van der Waals surface area (Å²) in [6, 6.07) is 10.9. The van der Waals surface area contributed by atoms with Crippen molar-refractivity contribution < 1.29 is 26.8 Å². The maximum Gasteiger partial charge on any atom is 0.322 e. The second kappa shape index (κ2) is 7.91. The number of benzene rings is 2. The van der Waals surface area contributed by atoms with Gasteiger partial charge in [0.2, 0.25) is 11.8 Å². The molecular weight excluding hydrogens is 427 g/mol. The summed E-state index contributed by atoms with van der Waals surface area (Å²) < 4.78 is 41.7. The van der Waals surface area contributed by atoms with Crippen LogP contribution in [0.2, 0.25) is 0 Å². The van der Waals surface area contributed by atoms with Gasteiger partial charge in [0.05, 0.1) is 10.8 Å². The highest BCUT2D eigenvalue weighted by molar-refractivity contribution is 7.90. The Bertz CT molecular complexity index is 1240. The lowest BCUT2D eigenvalue weighted by molar-refractivity contribution is -0.117. The molecule has 1 aromatic heterocycles. The molecule has 0 radical (unpaired) electrons. The molecule has 4 rings (SSSR count). The van der Waals surface area contributed by atoms with E-state index in [2.05, 4.69) is 15.5 Å². The van der Waals surface area contributed by atoms with Gasteiger partial charge in [-0.1, -0.05) is 5.10 Å². The minimum absolute atomic E-state index is 0.126. The minimum atomic E-state index is -3.33. The molecule has 160 valence electrons.